The van der Waals surface area contributed by atoms with Crippen LogP contribution in [-0.4, -0.2) is 14.9 Å². The third-order valence-corrected chi connectivity index (χ3v) is 3.17. The average molecular weight is 328 g/mol. The lowest BCUT2D eigenvalue weighted by Gasteiger charge is -2.08. The van der Waals surface area contributed by atoms with Crippen LogP contribution in [0.5, 0.6) is 0 Å². The first kappa shape index (κ1) is 11.6. The molecule has 1 N–H and O–H groups in total. The van der Waals surface area contributed by atoms with Crippen molar-refractivity contribution in [1.29, 1.82) is 0 Å². The third kappa shape index (κ3) is 2.82. The summed E-state index contributed by atoms with van der Waals surface area (Å²) in [4.78, 5) is 0. The summed E-state index contributed by atoms with van der Waals surface area (Å²) in [5.41, 5.74) is 2.00. The van der Waals surface area contributed by atoms with Gasteiger partial charge in [-0.15, -0.1) is 0 Å². The molecule has 0 aliphatic carbocycles. The molecule has 0 aliphatic rings. The first-order valence-electron chi connectivity index (χ1n) is 5.06. The summed E-state index contributed by atoms with van der Waals surface area (Å²) in [6.45, 7) is 0. The van der Waals surface area contributed by atoms with E-state index in [-0.39, 0.29) is 0 Å². The summed E-state index contributed by atoms with van der Waals surface area (Å²) in [6.07, 6.45) is 3.70. The van der Waals surface area contributed by atoms with Crippen molar-refractivity contribution in [1.82, 2.24) is 9.78 Å². The maximum Gasteiger partial charge on any atom is 0.0860 e. The van der Waals surface area contributed by atoms with Gasteiger partial charge >= 0.3 is 0 Å². The molecule has 1 aromatic carbocycles. The van der Waals surface area contributed by atoms with Crippen molar-refractivity contribution in [3.05, 3.63) is 51.4 Å². The smallest absolute Gasteiger partial charge is 0.0860 e. The van der Waals surface area contributed by atoms with Crippen LogP contribution in [0, 0.1) is 3.57 Å². The molecule has 0 saturated carbocycles. The number of halogens is 1. The van der Waals surface area contributed by atoms with Crippen LogP contribution in [0.2, 0.25) is 0 Å². The Labute approximate surface area is 108 Å². The molecule has 0 radical (unpaired) electrons. The van der Waals surface area contributed by atoms with E-state index >= 15 is 0 Å². The zero-order chi connectivity index (χ0) is 11.5. The fraction of sp³-hybridized carbons (Fsp3) is 0.250. The van der Waals surface area contributed by atoms with Gasteiger partial charge in [0, 0.05) is 28.8 Å². The van der Waals surface area contributed by atoms with Gasteiger partial charge in [0.25, 0.3) is 0 Å². The number of nitrogens with zero attached hydrogens (tertiary/aromatic N) is 2. The van der Waals surface area contributed by atoms with E-state index in [2.05, 4.69) is 27.7 Å². The van der Waals surface area contributed by atoms with Gasteiger partial charge in [-0.3, -0.25) is 4.68 Å². The first-order chi connectivity index (χ1) is 7.65. The van der Waals surface area contributed by atoms with Crippen LogP contribution in [-0.2, 0) is 13.5 Å². The lowest BCUT2D eigenvalue weighted by molar-refractivity contribution is 0.178. The number of rotatable bonds is 3. The molecule has 2 aromatic rings. The largest absolute Gasteiger partial charge is 0.388 e. The molecule has 84 valence electrons. The Bertz CT molecular complexity index is 464. The molecule has 2 rings (SSSR count). The normalized spacial score (nSPS) is 12.7. The van der Waals surface area contributed by atoms with Gasteiger partial charge < -0.3 is 5.11 Å². The number of aryl methyl sites for hydroxylation is 1. The average Bonchev–Trinajstić information content (AvgIpc) is 2.68. The number of hydrogen-bond donors (Lipinski definition) is 1. The summed E-state index contributed by atoms with van der Waals surface area (Å²) in [5.74, 6) is 0. The summed E-state index contributed by atoms with van der Waals surface area (Å²) < 4.78 is 2.91. The number of aromatic nitrogens is 2. The molecule has 1 heterocycles. The van der Waals surface area contributed by atoms with Crippen molar-refractivity contribution in [2.45, 2.75) is 12.5 Å². The Balaban J connectivity index is 2.07. The fourth-order valence-corrected chi connectivity index (χ4v) is 1.93. The second-order valence-electron chi connectivity index (χ2n) is 3.79. The van der Waals surface area contributed by atoms with Gasteiger partial charge in [-0.1, -0.05) is 12.1 Å². The van der Waals surface area contributed by atoms with E-state index in [4.69, 9.17) is 0 Å². The van der Waals surface area contributed by atoms with E-state index in [0.29, 0.717) is 6.42 Å². The molecule has 16 heavy (non-hydrogen) atoms. The molecule has 3 nitrogen and oxygen atoms in total. The summed E-state index contributed by atoms with van der Waals surface area (Å²) in [6, 6.07) is 8.18. The zero-order valence-corrected chi connectivity index (χ0v) is 11.1. The van der Waals surface area contributed by atoms with Gasteiger partial charge in [-0.2, -0.15) is 5.10 Å². The maximum atomic E-state index is 10.0. The van der Waals surface area contributed by atoms with Crippen LogP contribution >= 0.6 is 22.6 Å². The number of hydrogen-bond acceptors (Lipinski definition) is 2. The molecule has 0 fully saturated rings. The van der Waals surface area contributed by atoms with Gasteiger partial charge in [0.2, 0.25) is 0 Å². The predicted octanol–water partition coefficient (Wildman–Crippen LogP) is 2.30. The third-order valence-electron chi connectivity index (χ3n) is 2.45. The van der Waals surface area contributed by atoms with Gasteiger partial charge in [0.15, 0.2) is 0 Å². The second-order valence-corrected chi connectivity index (χ2v) is 5.04. The van der Waals surface area contributed by atoms with Gasteiger partial charge in [-0.25, -0.2) is 0 Å². The topological polar surface area (TPSA) is 38.0 Å². The van der Waals surface area contributed by atoms with Gasteiger partial charge in [0.1, 0.15) is 0 Å². The minimum absolute atomic E-state index is 0.478. The standard InChI is InChI=1S/C12H13IN2O/c1-15-8-10(7-14-15)12(16)6-9-2-4-11(13)5-3-9/h2-5,7-8,12,16H,6H2,1H3. The molecule has 0 saturated heterocycles. The highest BCUT2D eigenvalue weighted by Gasteiger charge is 2.10. The Hall–Kier alpha value is -0.880. The Morgan fingerprint density at radius 2 is 2.06 bits per heavy atom. The maximum absolute atomic E-state index is 10.0. The molecule has 1 aromatic heterocycles. The molecule has 1 atom stereocenters. The molecule has 0 spiro atoms. The first-order valence-corrected chi connectivity index (χ1v) is 6.14. The highest BCUT2D eigenvalue weighted by molar-refractivity contribution is 14.1. The van der Waals surface area contributed by atoms with Crippen LogP contribution in [0.15, 0.2) is 36.7 Å². The monoisotopic (exact) mass is 328 g/mol. The van der Waals surface area contributed by atoms with Crippen LogP contribution in [0.3, 0.4) is 0 Å². The van der Waals surface area contributed by atoms with Crippen LogP contribution in [0.1, 0.15) is 17.2 Å². The van der Waals surface area contributed by atoms with E-state index in [1.165, 1.54) is 3.57 Å². The molecule has 0 aliphatic heterocycles. The number of benzene rings is 1. The van der Waals surface area contributed by atoms with Crippen molar-refractivity contribution in [3.63, 3.8) is 0 Å². The van der Waals surface area contributed by atoms with Gasteiger partial charge in [-0.05, 0) is 40.3 Å². The number of aliphatic hydroxyl groups is 1. The Morgan fingerprint density at radius 3 is 2.62 bits per heavy atom. The minimum atomic E-state index is -0.478. The molecule has 4 heteroatoms. The zero-order valence-electron chi connectivity index (χ0n) is 8.97. The second kappa shape index (κ2) is 4.97. The van der Waals surface area contributed by atoms with Crippen molar-refractivity contribution in [3.8, 4) is 0 Å². The van der Waals surface area contributed by atoms with Crippen LogP contribution < -0.4 is 0 Å². The Morgan fingerprint density at radius 1 is 1.38 bits per heavy atom. The Kier molecular flexibility index (Phi) is 3.60. The molecular formula is C12H13IN2O. The summed E-state index contributed by atoms with van der Waals surface area (Å²) in [5, 5.41) is 14.1. The lowest BCUT2D eigenvalue weighted by Crippen LogP contribution is -2.00. The van der Waals surface area contributed by atoms with Crippen molar-refractivity contribution >= 4 is 22.6 Å². The van der Waals surface area contributed by atoms with E-state index in [9.17, 15) is 5.11 Å². The van der Waals surface area contributed by atoms with E-state index in [0.717, 1.165) is 11.1 Å². The molecule has 0 bridgehead atoms. The van der Waals surface area contributed by atoms with Crippen molar-refractivity contribution < 1.29 is 5.11 Å². The predicted molar refractivity (Wildman–Crippen MR) is 71.0 cm³/mol. The number of aliphatic hydroxyl groups excluding tert-OH is 1. The SMILES string of the molecule is Cn1cc(C(O)Cc2ccc(I)cc2)cn1. The van der Waals surface area contributed by atoms with E-state index in [1.54, 1.807) is 10.9 Å². The van der Waals surface area contributed by atoms with E-state index < -0.39 is 6.10 Å². The van der Waals surface area contributed by atoms with Gasteiger partial charge in [0.05, 0.1) is 12.3 Å². The van der Waals surface area contributed by atoms with Crippen LogP contribution in [0.4, 0.5) is 0 Å². The molecule has 0 amide bonds. The molecular weight excluding hydrogens is 315 g/mol. The quantitative estimate of drug-likeness (QED) is 0.878. The van der Waals surface area contributed by atoms with Crippen molar-refractivity contribution in [2.24, 2.45) is 7.05 Å². The highest BCUT2D eigenvalue weighted by atomic mass is 127. The molecule has 1 unspecified atom stereocenters. The van der Waals surface area contributed by atoms with Crippen LogP contribution in [0.25, 0.3) is 0 Å². The summed E-state index contributed by atoms with van der Waals surface area (Å²) >= 11 is 2.27. The minimum Gasteiger partial charge on any atom is -0.388 e. The van der Waals surface area contributed by atoms with Crippen molar-refractivity contribution in [2.75, 3.05) is 0 Å². The van der Waals surface area contributed by atoms with E-state index in [1.807, 2.05) is 37.5 Å². The fourth-order valence-electron chi connectivity index (χ4n) is 1.57. The summed E-state index contributed by atoms with van der Waals surface area (Å²) in [7, 11) is 1.85. The lowest BCUT2D eigenvalue weighted by atomic mass is 10.0. The highest BCUT2D eigenvalue weighted by Crippen LogP contribution is 2.18.